The summed E-state index contributed by atoms with van der Waals surface area (Å²) in [5.41, 5.74) is 4.95. The van der Waals surface area contributed by atoms with E-state index in [1.807, 2.05) is 18.2 Å². The van der Waals surface area contributed by atoms with Gasteiger partial charge in [-0.05, 0) is 59.5 Å². The van der Waals surface area contributed by atoms with Crippen LogP contribution in [0.1, 0.15) is 24.2 Å². The van der Waals surface area contributed by atoms with Crippen LogP contribution in [0.2, 0.25) is 5.02 Å². The molecular weight excluding hydrogens is 372 g/mol. The first-order valence-electron chi connectivity index (χ1n) is 7.76. The van der Waals surface area contributed by atoms with Crippen molar-refractivity contribution < 1.29 is 4.74 Å². The van der Waals surface area contributed by atoms with Crippen molar-refractivity contribution in [3.05, 3.63) is 64.7 Å². The van der Waals surface area contributed by atoms with Gasteiger partial charge in [0.1, 0.15) is 11.9 Å². The van der Waals surface area contributed by atoms with Crippen molar-refractivity contribution in [3.8, 4) is 16.9 Å². The molecule has 0 amide bonds. The number of hydrogen-bond donors (Lipinski definition) is 0. The first-order valence-corrected chi connectivity index (χ1v) is 9.26. The zero-order valence-corrected chi connectivity index (χ0v) is 15.1. The van der Waals surface area contributed by atoms with Crippen LogP contribution in [0.15, 0.2) is 48.5 Å². The smallest absolute Gasteiger partial charge is 0.128 e. The van der Waals surface area contributed by atoms with Crippen LogP contribution in [0, 0.1) is 0 Å². The third-order valence-corrected chi connectivity index (χ3v) is 5.11. The van der Waals surface area contributed by atoms with E-state index in [0.717, 1.165) is 28.1 Å². The molecule has 1 aliphatic heterocycles. The van der Waals surface area contributed by atoms with Gasteiger partial charge in [0.15, 0.2) is 0 Å². The summed E-state index contributed by atoms with van der Waals surface area (Å²) in [6.45, 7) is 2.12. The molecule has 3 aromatic rings. The predicted molar refractivity (Wildman–Crippen MR) is 101 cm³/mol. The summed E-state index contributed by atoms with van der Waals surface area (Å²) in [6.07, 6.45) is 1.03. The predicted octanol–water partition coefficient (Wildman–Crippen LogP) is 6.55. The van der Waals surface area contributed by atoms with Gasteiger partial charge < -0.3 is 4.74 Å². The average Bonchev–Trinajstić information content (AvgIpc) is 2.56. The van der Waals surface area contributed by atoms with E-state index in [1.54, 1.807) is 0 Å². The second kappa shape index (κ2) is 5.85. The van der Waals surface area contributed by atoms with Crippen molar-refractivity contribution in [2.45, 2.75) is 19.4 Å². The molecular formula is C20H16BrClO. The van der Waals surface area contributed by atoms with Gasteiger partial charge >= 0.3 is 0 Å². The fourth-order valence-electron chi connectivity index (χ4n) is 3.51. The van der Waals surface area contributed by atoms with E-state index < -0.39 is 0 Å². The van der Waals surface area contributed by atoms with Gasteiger partial charge in [-0.1, -0.05) is 51.8 Å². The Morgan fingerprint density at radius 3 is 2.61 bits per heavy atom. The summed E-state index contributed by atoms with van der Waals surface area (Å²) in [4.78, 5) is 0. The Morgan fingerprint density at radius 1 is 1.04 bits per heavy atom. The maximum Gasteiger partial charge on any atom is 0.128 e. The van der Waals surface area contributed by atoms with Crippen molar-refractivity contribution in [3.63, 3.8) is 0 Å². The van der Waals surface area contributed by atoms with Crippen LogP contribution in [0.5, 0.6) is 5.75 Å². The van der Waals surface area contributed by atoms with E-state index in [4.69, 9.17) is 16.3 Å². The van der Waals surface area contributed by atoms with Gasteiger partial charge in [-0.25, -0.2) is 0 Å². The van der Waals surface area contributed by atoms with Crippen LogP contribution in [0.25, 0.3) is 21.9 Å². The Bertz CT molecular complexity index is 904. The van der Waals surface area contributed by atoms with E-state index in [9.17, 15) is 0 Å². The molecule has 1 aliphatic rings. The zero-order chi connectivity index (χ0) is 16.0. The molecule has 3 aromatic carbocycles. The van der Waals surface area contributed by atoms with Gasteiger partial charge in [-0.15, -0.1) is 0 Å². The fraction of sp³-hybridized carbons (Fsp3) is 0.200. The number of ether oxygens (including phenoxy) is 1. The monoisotopic (exact) mass is 386 g/mol. The minimum absolute atomic E-state index is 0.0293. The molecule has 1 heterocycles. The summed E-state index contributed by atoms with van der Waals surface area (Å²) >= 11 is 9.81. The Hall–Kier alpha value is -1.51. The number of fused-ring (bicyclic) bond motifs is 5. The molecule has 0 aliphatic carbocycles. The minimum atomic E-state index is 0.0293. The van der Waals surface area contributed by atoms with Crippen LogP contribution in [-0.2, 0) is 6.42 Å². The number of benzene rings is 3. The quantitative estimate of drug-likeness (QED) is 0.453. The Labute approximate surface area is 149 Å². The molecule has 23 heavy (non-hydrogen) atoms. The maximum atomic E-state index is 6.24. The highest BCUT2D eigenvalue weighted by molar-refractivity contribution is 9.09. The first kappa shape index (κ1) is 15.0. The molecule has 3 heteroatoms. The van der Waals surface area contributed by atoms with Crippen molar-refractivity contribution in [1.82, 2.24) is 0 Å². The maximum absolute atomic E-state index is 6.24. The summed E-state index contributed by atoms with van der Waals surface area (Å²) in [5, 5.41) is 4.28. The molecule has 0 radical (unpaired) electrons. The van der Waals surface area contributed by atoms with Crippen molar-refractivity contribution in [1.29, 1.82) is 0 Å². The highest BCUT2D eigenvalue weighted by atomic mass is 79.9. The normalized spacial score (nSPS) is 15.9. The Morgan fingerprint density at radius 2 is 1.83 bits per heavy atom. The molecule has 116 valence electrons. The van der Waals surface area contributed by atoms with Crippen molar-refractivity contribution in [2.75, 3.05) is 5.33 Å². The average molecular weight is 388 g/mol. The summed E-state index contributed by atoms with van der Waals surface area (Å²) in [6, 6.07) is 16.8. The molecule has 0 fully saturated rings. The topological polar surface area (TPSA) is 9.23 Å². The Kier molecular flexibility index (Phi) is 3.82. The fourth-order valence-corrected chi connectivity index (χ4v) is 4.11. The molecule has 0 aromatic heterocycles. The lowest BCUT2D eigenvalue weighted by Gasteiger charge is -2.29. The lowest BCUT2D eigenvalue weighted by Crippen LogP contribution is -2.12. The van der Waals surface area contributed by atoms with E-state index in [0.29, 0.717) is 0 Å². The summed E-state index contributed by atoms with van der Waals surface area (Å²) in [7, 11) is 0. The van der Waals surface area contributed by atoms with Crippen molar-refractivity contribution in [2.24, 2.45) is 0 Å². The third-order valence-electron chi connectivity index (χ3n) is 4.48. The van der Waals surface area contributed by atoms with Crippen LogP contribution < -0.4 is 4.74 Å². The molecule has 1 unspecified atom stereocenters. The molecule has 0 saturated carbocycles. The second-order valence-electron chi connectivity index (χ2n) is 5.88. The van der Waals surface area contributed by atoms with Crippen LogP contribution in [0.4, 0.5) is 0 Å². The zero-order valence-electron chi connectivity index (χ0n) is 12.8. The van der Waals surface area contributed by atoms with E-state index in [-0.39, 0.29) is 6.10 Å². The highest BCUT2D eigenvalue weighted by Crippen LogP contribution is 2.46. The molecule has 0 bridgehead atoms. The molecule has 1 nitrogen and oxygen atoms in total. The molecule has 0 spiro atoms. The third kappa shape index (κ3) is 2.45. The first-order chi connectivity index (χ1) is 11.2. The van der Waals surface area contributed by atoms with E-state index >= 15 is 0 Å². The van der Waals surface area contributed by atoms with E-state index in [1.165, 1.54) is 27.5 Å². The standard InChI is InChI=1S/C20H16BrClO/c1-12-20-16-5-3-2-4-15(16)13(8-9-21)10-18(20)17-11-14(22)6-7-19(17)23-12/h2-7,10-12H,8-9H2,1H3. The molecule has 0 saturated heterocycles. The van der Waals surface area contributed by atoms with Crippen LogP contribution in [-0.4, -0.2) is 5.33 Å². The largest absolute Gasteiger partial charge is 0.485 e. The van der Waals surface area contributed by atoms with Gasteiger partial charge in [0.25, 0.3) is 0 Å². The lowest BCUT2D eigenvalue weighted by molar-refractivity contribution is 0.225. The van der Waals surface area contributed by atoms with Gasteiger partial charge in [0, 0.05) is 21.5 Å². The van der Waals surface area contributed by atoms with Gasteiger partial charge in [-0.2, -0.15) is 0 Å². The van der Waals surface area contributed by atoms with Gasteiger partial charge in [0.05, 0.1) is 0 Å². The number of halogens is 2. The number of rotatable bonds is 2. The van der Waals surface area contributed by atoms with Crippen LogP contribution in [0.3, 0.4) is 0 Å². The molecule has 4 rings (SSSR count). The van der Waals surface area contributed by atoms with Gasteiger partial charge in [0.2, 0.25) is 0 Å². The highest BCUT2D eigenvalue weighted by Gasteiger charge is 2.26. The molecule has 0 N–H and O–H groups in total. The SMILES string of the molecule is CC1Oc2ccc(Cl)cc2-c2cc(CCBr)c3ccccc3c21. The molecule has 1 atom stereocenters. The van der Waals surface area contributed by atoms with E-state index in [2.05, 4.69) is 53.2 Å². The summed E-state index contributed by atoms with van der Waals surface area (Å²) < 4.78 is 6.15. The van der Waals surface area contributed by atoms with Crippen LogP contribution >= 0.6 is 27.5 Å². The number of hydrogen-bond acceptors (Lipinski definition) is 1. The number of aryl methyl sites for hydroxylation is 1. The number of alkyl halides is 1. The van der Waals surface area contributed by atoms with Gasteiger partial charge in [-0.3, -0.25) is 0 Å². The summed E-state index contributed by atoms with van der Waals surface area (Å²) in [5.74, 6) is 0.912. The second-order valence-corrected chi connectivity index (χ2v) is 7.11. The lowest BCUT2D eigenvalue weighted by atomic mass is 9.86. The minimum Gasteiger partial charge on any atom is -0.485 e. The van der Waals surface area contributed by atoms with Crippen molar-refractivity contribution >= 4 is 38.3 Å². The Balaban J connectivity index is 2.10.